The first-order valence-corrected chi connectivity index (χ1v) is 11.8. The van der Waals surface area contributed by atoms with Crippen LogP contribution in [0.4, 0.5) is 13.2 Å². The summed E-state index contributed by atoms with van der Waals surface area (Å²) in [6.45, 7) is 5.81. The minimum atomic E-state index is -4.57. The van der Waals surface area contributed by atoms with Gasteiger partial charge in [-0.2, -0.15) is 13.2 Å². The molecule has 1 atom stereocenters. The van der Waals surface area contributed by atoms with Crippen LogP contribution < -0.4 is 0 Å². The molecule has 2 aliphatic rings. The summed E-state index contributed by atoms with van der Waals surface area (Å²) in [5.41, 5.74) is 1.28. The smallest absolute Gasteiger partial charge is 0.375 e. The zero-order valence-electron chi connectivity index (χ0n) is 20.0. The van der Waals surface area contributed by atoms with Gasteiger partial charge in [-0.1, -0.05) is 38.8 Å². The molecule has 182 valence electrons. The largest absolute Gasteiger partial charge is 0.416 e. The van der Waals surface area contributed by atoms with Crippen LogP contribution in [0, 0.1) is 5.41 Å². The Morgan fingerprint density at radius 3 is 2.47 bits per heavy atom. The molecule has 1 fully saturated rings. The van der Waals surface area contributed by atoms with Crippen molar-refractivity contribution in [3.05, 3.63) is 63.5 Å². The van der Waals surface area contributed by atoms with Crippen LogP contribution in [0.2, 0.25) is 0 Å². The van der Waals surface area contributed by atoms with Crippen LogP contribution in [-0.2, 0) is 17.3 Å². The Morgan fingerprint density at radius 2 is 1.85 bits per heavy atom. The fraction of sp³-hybridized carbons (Fsp3) is 0.519. The molecule has 0 spiro atoms. The number of fused-ring (bicyclic) bond motifs is 1. The molecule has 2 aromatic rings. The normalized spacial score (nSPS) is 19.2. The van der Waals surface area contributed by atoms with Crippen LogP contribution in [0.15, 0.2) is 24.3 Å². The van der Waals surface area contributed by atoms with Crippen molar-refractivity contribution in [3.8, 4) is 0 Å². The van der Waals surface area contributed by atoms with Crippen molar-refractivity contribution in [1.29, 1.82) is 0 Å². The molecule has 2 aliphatic carbocycles. The molecule has 0 saturated heterocycles. The number of alkyl halides is 3. The van der Waals surface area contributed by atoms with Crippen LogP contribution in [0.1, 0.15) is 114 Å². The average molecular weight is 474 g/mol. The van der Waals surface area contributed by atoms with Crippen molar-refractivity contribution in [2.24, 2.45) is 5.41 Å². The van der Waals surface area contributed by atoms with E-state index in [1.54, 1.807) is 6.92 Å². The topological polar surface area (TPSA) is 56.3 Å². The maximum absolute atomic E-state index is 13.9. The van der Waals surface area contributed by atoms with E-state index in [9.17, 15) is 22.8 Å². The molecule has 7 heteroatoms. The Morgan fingerprint density at radius 1 is 1.18 bits per heavy atom. The molecule has 4 nitrogen and oxygen atoms in total. The minimum Gasteiger partial charge on any atom is -0.375 e. The number of Topliss-reactive ketones (excluding diaryl/α,β-unsaturated/α-hetero) is 1. The second-order valence-corrected chi connectivity index (χ2v) is 10.3. The first-order chi connectivity index (χ1) is 15.9. The lowest BCUT2D eigenvalue weighted by molar-refractivity contribution is -0.137. The minimum absolute atomic E-state index is 0.00512. The SMILES string of the molecule is COC(C)c1nc2c(c(C3CCCC3)c1C(=O)c1cccc(C(F)(F)F)c1)C(=O)CC(C)(C)C2. The van der Waals surface area contributed by atoms with E-state index in [1.807, 2.05) is 13.8 Å². The number of rotatable bonds is 5. The van der Waals surface area contributed by atoms with Crippen molar-refractivity contribution >= 4 is 11.6 Å². The zero-order chi connectivity index (χ0) is 24.8. The van der Waals surface area contributed by atoms with E-state index >= 15 is 0 Å². The third-order valence-corrected chi connectivity index (χ3v) is 7.08. The molecule has 1 unspecified atom stereocenters. The zero-order valence-corrected chi connectivity index (χ0v) is 20.0. The average Bonchev–Trinajstić information content (AvgIpc) is 3.30. The number of hydrogen-bond acceptors (Lipinski definition) is 4. The highest BCUT2D eigenvalue weighted by molar-refractivity contribution is 6.13. The molecule has 0 bridgehead atoms. The number of halogens is 3. The fourth-order valence-corrected chi connectivity index (χ4v) is 5.40. The summed E-state index contributed by atoms with van der Waals surface area (Å²) in [5, 5.41) is 0. The number of carbonyl (C=O) groups excluding carboxylic acids is 2. The number of aromatic nitrogens is 1. The Bertz CT molecular complexity index is 1130. The lowest BCUT2D eigenvalue weighted by atomic mass is 9.71. The molecule has 1 aromatic carbocycles. The monoisotopic (exact) mass is 473 g/mol. The van der Waals surface area contributed by atoms with Gasteiger partial charge in [0.25, 0.3) is 0 Å². The number of hydrogen-bond donors (Lipinski definition) is 0. The van der Waals surface area contributed by atoms with Crippen molar-refractivity contribution in [2.45, 2.75) is 77.5 Å². The number of nitrogens with zero attached hydrogens (tertiary/aromatic N) is 1. The first kappa shape index (κ1) is 24.6. The maximum Gasteiger partial charge on any atom is 0.416 e. The van der Waals surface area contributed by atoms with Crippen molar-refractivity contribution in [2.75, 3.05) is 7.11 Å². The molecule has 1 heterocycles. The van der Waals surface area contributed by atoms with E-state index in [-0.39, 0.29) is 28.2 Å². The van der Waals surface area contributed by atoms with Gasteiger partial charge in [-0.05, 0) is 55.2 Å². The van der Waals surface area contributed by atoms with Crippen LogP contribution >= 0.6 is 0 Å². The summed E-state index contributed by atoms with van der Waals surface area (Å²) in [5.74, 6) is -0.593. The second-order valence-electron chi connectivity index (χ2n) is 10.3. The number of ketones is 2. The highest BCUT2D eigenvalue weighted by atomic mass is 19.4. The van der Waals surface area contributed by atoms with Crippen molar-refractivity contribution in [3.63, 3.8) is 0 Å². The van der Waals surface area contributed by atoms with Crippen LogP contribution in [0.25, 0.3) is 0 Å². The molecular weight excluding hydrogens is 443 g/mol. The van der Waals surface area contributed by atoms with Gasteiger partial charge in [-0.15, -0.1) is 0 Å². The third-order valence-electron chi connectivity index (χ3n) is 7.08. The molecule has 0 radical (unpaired) electrons. The van der Waals surface area contributed by atoms with Crippen molar-refractivity contribution in [1.82, 2.24) is 4.98 Å². The molecule has 4 rings (SSSR count). The summed E-state index contributed by atoms with van der Waals surface area (Å²) in [6, 6.07) is 4.46. The van der Waals surface area contributed by atoms with E-state index in [0.717, 1.165) is 37.8 Å². The number of benzene rings is 1. The van der Waals surface area contributed by atoms with Gasteiger partial charge >= 0.3 is 6.18 Å². The summed E-state index contributed by atoms with van der Waals surface area (Å²) in [7, 11) is 1.51. The summed E-state index contributed by atoms with van der Waals surface area (Å²) >= 11 is 0. The maximum atomic E-state index is 13.9. The van der Waals surface area contributed by atoms with Gasteiger partial charge in [-0.3, -0.25) is 14.6 Å². The Hall–Kier alpha value is -2.54. The highest BCUT2D eigenvalue weighted by Gasteiger charge is 2.40. The standard InChI is InChI=1S/C27H30F3NO3/c1-15(34-4)24-23(25(33)17-10-7-11-18(12-17)27(28,29)30)21(16-8-5-6-9-16)22-19(31-24)13-26(2,3)14-20(22)32/h7,10-12,15-16H,5-6,8-9,13-14H2,1-4H3. The fourth-order valence-electron chi connectivity index (χ4n) is 5.40. The molecule has 1 aromatic heterocycles. The molecule has 0 N–H and O–H groups in total. The van der Waals surface area contributed by atoms with Gasteiger partial charge in [0.1, 0.15) is 0 Å². The predicted molar refractivity (Wildman–Crippen MR) is 122 cm³/mol. The number of pyridine rings is 1. The lowest BCUT2D eigenvalue weighted by Gasteiger charge is -2.34. The van der Waals surface area contributed by atoms with Gasteiger partial charge in [0.05, 0.1) is 28.6 Å². The van der Waals surface area contributed by atoms with Crippen LogP contribution in [-0.4, -0.2) is 23.7 Å². The summed E-state index contributed by atoms with van der Waals surface area (Å²) in [6.07, 6.45) is -0.569. The summed E-state index contributed by atoms with van der Waals surface area (Å²) < 4.78 is 45.7. The van der Waals surface area contributed by atoms with Crippen LogP contribution in [0.5, 0.6) is 0 Å². The van der Waals surface area contributed by atoms with Gasteiger partial charge in [0.15, 0.2) is 11.6 Å². The number of methoxy groups -OCH3 is 1. The van der Waals surface area contributed by atoms with E-state index < -0.39 is 23.6 Å². The number of ether oxygens (including phenoxy) is 1. The van der Waals surface area contributed by atoms with Crippen LogP contribution in [0.3, 0.4) is 0 Å². The van der Waals surface area contributed by atoms with E-state index in [2.05, 4.69) is 0 Å². The van der Waals surface area contributed by atoms with E-state index in [0.29, 0.717) is 35.4 Å². The lowest BCUT2D eigenvalue weighted by Crippen LogP contribution is -2.32. The quantitative estimate of drug-likeness (QED) is 0.446. The Kier molecular flexibility index (Phi) is 6.44. The molecule has 34 heavy (non-hydrogen) atoms. The van der Waals surface area contributed by atoms with Crippen molar-refractivity contribution < 1.29 is 27.5 Å². The van der Waals surface area contributed by atoms with E-state index in [4.69, 9.17) is 9.72 Å². The third kappa shape index (κ3) is 4.54. The van der Waals surface area contributed by atoms with Gasteiger partial charge in [0.2, 0.25) is 0 Å². The molecule has 1 saturated carbocycles. The van der Waals surface area contributed by atoms with Gasteiger partial charge < -0.3 is 4.74 Å². The van der Waals surface area contributed by atoms with Gasteiger partial charge in [-0.25, -0.2) is 0 Å². The van der Waals surface area contributed by atoms with E-state index in [1.165, 1.54) is 19.2 Å². The van der Waals surface area contributed by atoms with Gasteiger partial charge in [0, 0.05) is 24.7 Å². The molecular formula is C27H30F3NO3. The molecule has 0 aliphatic heterocycles. The summed E-state index contributed by atoms with van der Waals surface area (Å²) in [4.78, 5) is 32.1. The Balaban J connectivity index is 2.00. The molecule has 0 amide bonds. The first-order valence-electron chi connectivity index (χ1n) is 11.8. The predicted octanol–water partition coefficient (Wildman–Crippen LogP) is 6.85. The Labute approximate surface area is 197 Å². The number of carbonyl (C=O) groups is 2. The second kappa shape index (κ2) is 8.91. The highest BCUT2D eigenvalue weighted by Crippen LogP contribution is 2.45.